The Bertz CT molecular complexity index is 762. The number of fused-ring (bicyclic) bond motifs is 1. The largest absolute Gasteiger partial charge is 0.336 e. The molecule has 0 spiro atoms. The Hall–Kier alpha value is -1.07. The van der Waals surface area contributed by atoms with Crippen LogP contribution in [-0.4, -0.2) is 29.9 Å². The van der Waals surface area contributed by atoms with Crippen LogP contribution in [0.25, 0.3) is 0 Å². The van der Waals surface area contributed by atoms with E-state index in [0.717, 1.165) is 24.9 Å². The second-order valence-corrected chi connectivity index (χ2v) is 8.37. The number of rotatable bonds is 5. The second kappa shape index (κ2) is 8.09. The Kier molecular flexibility index (Phi) is 6.05. The zero-order chi connectivity index (χ0) is 18.0. The molecule has 0 saturated heterocycles. The maximum atomic E-state index is 12.9. The molecule has 2 aromatic rings. The molecule has 2 heterocycles. The molecule has 1 aliphatic rings. The summed E-state index contributed by atoms with van der Waals surface area (Å²) in [6.07, 6.45) is 1.96. The molecule has 3 nitrogen and oxygen atoms in total. The lowest BCUT2D eigenvalue weighted by atomic mass is 9.93. The summed E-state index contributed by atoms with van der Waals surface area (Å²) in [7, 11) is 0. The van der Waals surface area contributed by atoms with E-state index >= 15 is 0 Å². The quantitative estimate of drug-likeness (QED) is 0.815. The fraction of sp³-hybridized carbons (Fsp3) is 0.421. The minimum Gasteiger partial charge on any atom is -0.336 e. The average molecular weight is 398 g/mol. The van der Waals surface area contributed by atoms with E-state index in [1.807, 2.05) is 17.0 Å². The van der Waals surface area contributed by atoms with Gasteiger partial charge in [-0.1, -0.05) is 36.2 Å². The second-order valence-electron chi connectivity index (χ2n) is 6.53. The molecule has 2 atom stereocenters. The van der Waals surface area contributed by atoms with E-state index in [2.05, 4.69) is 30.6 Å². The molecule has 1 aromatic heterocycles. The van der Waals surface area contributed by atoms with Crippen molar-refractivity contribution in [1.82, 2.24) is 4.90 Å². The van der Waals surface area contributed by atoms with E-state index < -0.39 is 0 Å². The number of hydrogen-bond acceptors (Lipinski definition) is 2. The van der Waals surface area contributed by atoms with Gasteiger partial charge < -0.3 is 10.2 Å². The Morgan fingerprint density at radius 3 is 2.88 bits per heavy atom. The monoisotopic (exact) mass is 397 g/mol. The molecule has 1 aromatic carbocycles. The van der Waals surface area contributed by atoms with Gasteiger partial charge in [0, 0.05) is 21.5 Å². The van der Waals surface area contributed by atoms with Crippen molar-refractivity contribution in [2.24, 2.45) is 0 Å². The van der Waals surface area contributed by atoms with Gasteiger partial charge >= 0.3 is 0 Å². The van der Waals surface area contributed by atoms with E-state index in [4.69, 9.17) is 23.2 Å². The van der Waals surface area contributed by atoms with Gasteiger partial charge in [-0.2, -0.15) is 0 Å². The lowest BCUT2D eigenvalue weighted by molar-refractivity contribution is -0.676. The van der Waals surface area contributed by atoms with Gasteiger partial charge in [0.15, 0.2) is 6.54 Å². The van der Waals surface area contributed by atoms with Crippen LogP contribution in [0, 0.1) is 0 Å². The van der Waals surface area contributed by atoms with Crippen LogP contribution in [0.3, 0.4) is 0 Å². The third-order valence-corrected chi connectivity index (χ3v) is 6.44. The summed E-state index contributed by atoms with van der Waals surface area (Å²) < 4.78 is 0. The molecule has 134 valence electrons. The zero-order valence-electron chi connectivity index (χ0n) is 14.5. The smallest absolute Gasteiger partial charge is 0.278 e. The third-order valence-electron chi connectivity index (χ3n) is 4.88. The van der Waals surface area contributed by atoms with Crippen LogP contribution in [0.1, 0.15) is 42.3 Å². The first kappa shape index (κ1) is 18.7. The van der Waals surface area contributed by atoms with Gasteiger partial charge in [-0.25, -0.2) is 0 Å². The summed E-state index contributed by atoms with van der Waals surface area (Å²) in [5.41, 5.74) is 2.14. The fourth-order valence-corrected chi connectivity index (χ4v) is 4.65. The van der Waals surface area contributed by atoms with Crippen LogP contribution in [0.4, 0.5) is 0 Å². The molecule has 0 bridgehead atoms. The first-order valence-corrected chi connectivity index (χ1v) is 10.3. The lowest BCUT2D eigenvalue weighted by Crippen LogP contribution is -2.91. The Balaban J connectivity index is 1.93. The maximum Gasteiger partial charge on any atom is 0.278 e. The van der Waals surface area contributed by atoms with Crippen LogP contribution in [-0.2, 0) is 11.2 Å². The van der Waals surface area contributed by atoms with Gasteiger partial charge in [0.25, 0.3) is 5.91 Å². The maximum absolute atomic E-state index is 12.9. The highest BCUT2D eigenvalue weighted by Crippen LogP contribution is 2.40. The van der Waals surface area contributed by atoms with Gasteiger partial charge in [0.1, 0.15) is 0 Å². The summed E-state index contributed by atoms with van der Waals surface area (Å²) in [5, 5.41) is 5.44. The van der Waals surface area contributed by atoms with E-state index in [1.165, 1.54) is 10.4 Å². The third kappa shape index (κ3) is 4.03. The van der Waals surface area contributed by atoms with Crippen LogP contribution >= 0.6 is 34.5 Å². The van der Waals surface area contributed by atoms with Gasteiger partial charge in [-0.05, 0) is 54.5 Å². The number of hydrogen-bond donors (Lipinski definition) is 1. The van der Waals surface area contributed by atoms with Crippen molar-refractivity contribution < 1.29 is 10.1 Å². The summed E-state index contributed by atoms with van der Waals surface area (Å²) in [6.45, 7) is 5.48. The van der Waals surface area contributed by atoms with Crippen LogP contribution in [0.2, 0.25) is 10.0 Å². The Morgan fingerprint density at radius 2 is 2.16 bits per heavy atom. The topological polar surface area (TPSA) is 36.9 Å². The molecule has 0 aliphatic carbocycles. The molecule has 6 heteroatoms. The molecule has 1 aliphatic heterocycles. The number of halogens is 2. The highest BCUT2D eigenvalue weighted by atomic mass is 35.5. The summed E-state index contributed by atoms with van der Waals surface area (Å²) in [6, 6.07) is 7.99. The van der Waals surface area contributed by atoms with Crippen molar-refractivity contribution >= 4 is 40.4 Å². The average Bonchev–Trinajstić information content (AvgIpc) is 3.07. The Labute approximate surface area is 162 Å². The van der Waals surface area contributed by atoms with Crippen LogP contribution in [0.5, 0.6) is 0 Å². The van der Waals surface area contributed by atoms with Crippen molar-refractivity contribution in [1.29, 1.82) is 0 Å². The first-order chi connectivity index (χ1) is 12.0. The highest BCUT2D eigenvalue weighted by Gasteiger charge is 2.34. The van der Waals surface area contributed by atoms with Crippen molar-refractivity contribution in [2.75, 3.05) is 13.1 Å². The summed E-state index contributed by atoms with van der Waals surface area (Å²) in [4.78, 5) is 16.3. The molecule has 0 fully saturated rings. The number of nitrogens with zero attached hydrogens (tertiary/aromatic N) is 1. The summed E-state index contributed by atoms with van der Waals surface area (Å²) >= 11 is 14.3. The molecule has 0 unspecified atom stereocenters. The SMILES string of the molecule is CC[C@@H](C)[NH2+]CC(=O)N1CCc2sccc2[C@@H]1c1ccc(Cl)cc1Cl. The minimum absolute atomic E-state index is 0.127. The molecule has 25 heavy (non-hydrogen) atoms. The van der Waals surface area contributed by atoms with Crippen molar-refractivity contribution in [3.63, 3.8) is 0 Å². The predicted molar refractivity (Wildman–Crippen MR) is 105 cm³/mol. The fourth-order valence-electron chi connectivity index (χ4n) is 3.23. The first-order valence-electron chi connectivity index (χ1n) is 8.65. The van der Waals surface area contributed by atoms with Crippen LogP contribution < -0.4 is 5.32 Å². The standard InChI is InChI=1S/C19H22Cl2N2OS/c1-3-12(2)22-11-18(24)23-8-6-17-15(7-9-25-17)19(23)14-5-4-13(20)10-16(14)21/h4-5,7,9-10,12,19,22H,3,6,8,11H2,1-2H3/p+1/t12-,19+/m1/s1. The Morgan fingerprint density at radius 1 is 1.36 bits per heavy atom. The lowest BCUT2D eigenvalue weighted by Gasteiger charge is -2.36. The van der Waals surface area contributed by atoms with Gasteiger partial charge in [0.2, 0.25) is 0 Å². The highest BCUT2D eigenvalue weighted by molar-refractivity contribution is 7.10. The zero-order valence-corrected chi connectivity index (χ0v) is 16.8. The molecule has 0 saturated carbocycles. The van der Waals surface area contributed by atoms with Crippen molar-refractivity contribution in [3.05, 3.63) is 55.7 Å². The summed E-state index contributed by atoms with van der Waals surface area (Å²) in [5.74, 6) is 0.160. The molecular weight excluding hydrogens is 375 g/mol. The van der Waals surface area contributed by atoms with Crippen molar-refractivity contribution in [2.45, 2.75) is 38.8 Å². The number of amides is 1. The molecular formula is C19H23Cl2N2OS+. The number of thiophene rings is 1. The molecule has 3 rings (SSSR count). The molecule has 2 N–H and O–H groups in total. The normalized spacial score (nSPS) is 18.1. The van der Waals surface area contributed by atoms with Crippen molar-refractivity contribution in [3.8, 4) is 0 Å². The van der Waals surface area contributed by atoms with E-state index in [1.54, 1.807) is 17.4 Å². The van der Waals surface area contributed by atoms with E-state index in [-0.39, 0.29) is 11.9 Å². The van der Waals surface area contributed by atoms with E-state index in [9.17, 15) is 4.79 Å². The van der Waals surface area contributed by atoms with Gasteiger partial charge in [-0.3, -0.25) is 4.79 Å². The predicted octanol–water partition coefficient (Wildman–Crippen LogP) is 3.89. The molecule has 1 amide bonds. The number of quaternary nitrogens is 1. The van der Waals surface area contributed by atoms with Gasteiger partial charge in [-0.15, -0.1) is 11.3 Å². The number of benzene rings is 1. The van der Waals surface area contributed by atoms with E-state index in [0.29, 0.717) is 22.6 Å². The van der Waals surface area contributed by atoms with Gasteiger partial charge in [0.05, 0.1) is 12.1 Å². The minimum atomic E-state index is -0.127. The number of nitrogens with two attached hydrogens (primary N) is 1. The molecule has 0 radical (unpaired) electrons. The van der Waals surface area contributed by atoms with Crippen LogP contribution in [0.15, 0.2) is 29.6 Å². The number of carbonyl (C=O) groups is 1. The number of carbonyl (C=O) groups excluding carboxylic acids is 1.